The molecule has 1 heterocycles. The molecule has 0 saturated carbocycles. The second kappa shape index (κ2) is 6.41. The first-order chi connectivity index (χ1) is 6.29. The lowest BCUT2D eigenvalue weighted by molar-refractivity contribution is 0.623. The molecule has 0 spiro atoms. The predicted octanol–water partition coefficient (Wildman–Crippen LogP) is 3.25. The number of hydrogen-bond donors (Lipinski definition) is 1. The van der Waals surface area contributed by atoms with Gasteiger partial charge in [-0.3, -0.25) is 0 Å². The van der Waals surface area contributed by atoms with Gasteiger partial charge in [-0.2, -0.15) is 0 Å². The standard InChI is InChI=1S/C10H16ClNS/c1-9(11)4-2-6-12-8-10-5-3-7-13-10/h3,5,7,9,12H,2,4,6,8H2,1H3. The highest BCUT2D eigenvalue weighted by Crippen LogP contribution is 2.07. The van der Waals surface area contributed by atoms with Crippen LogP contribution in [0.4, 0.5) is 0 Å². The third-order valence-electron chi connectivity index (χ3n) is 1.83. The predicted molar refractivity (Wildman–Crippen MR) is 60.6 cm³/mol. The van der Waals surface area contributed by atoms with Gasteiger partial charge in [-0.05, 0) is 37.8 Å². The first-order valence-electron chi connectivity index (χ1n) is 4.66. The molecule has 0 radical (unpaired) electrons. The number of hydrogen-bond acceptors (Lipinski definition) is 2. The lowest BCUT2D eigenvalue weighted by Gasteiger charge is -2.03. The Kier molecular flexibility index (Phi) is 5.44. The van der Waals surface area contributed by atoms with Crippen molar-refractivity contribution in [3.05, 3.63) is 22.4 Å². The van der Waals surface area contributed by atoms with Crippen molar-refractivity contribution in [2.24, 2.45) is 0 Å². The van der Waals surface area contributed by atoms with E-state index < -0.39 is 0 Å². The largest absolute Gasteiger partial charge is 0.312 e. The normalized spacial score (nSPS) is 13.1. The maximum Gasteiger partial charge on any atom is 0.0308 e. The number of alkyl halides is 1. The fraction of sp³-hybridized carbons (Fsp3) is 0.600. The van der Waals surface area contributed by atoms with Gasteiger partial charge in [-0.15, -0.1) is 22.9 Å². The van der Waals surface area contributed by atoms with E-state index in [0.717, 1.165) is 25.9 Å². The molecule has 1 aromatic rings. The summed E-state index contributed by atoms with van der Waals surface area (Å²) in [4.78, 5) is 1.40. The zero-order chi connectivity index (χ0) is 9.52. The van der Waals surface area contributed by atoms with Gasteiger partial charge in [0.05, 0.1) is 0 Å². The molecule has 1 atom stereocenters. The van der Waals surface area contributed by atoms with Crippen LogP contribution >= 0.6 is 22.9 Å². The molecule has 0 aliphatic rings. The van der Waals surface area contributed by atoms with Crippen LogP contribution in [-0.4, -0.2) is 11.9 Å². The van der Waals surface area contributed by atoms with Gasteiger partial charge in [0.1, 0.15) is 0 Å². The summed E-state index contributed by atoms with van der Waals surface area (Å²) < 4.78 is 0. The molecule has 0 saturated heterocycles. The van der Waals surface area contributed by atoms with Crippen molar-refractivity contribution in [3.63, 3.8) is 0 Å². The Labute approximate surface area is 89.1 Å². The van der Waals surface area contributed by atoms with E-state index in [2.05, 4.69) is 22.8 Å². The average molecular weight is 218 g/mol. The molecular formula is C10H16ClNS. The monoisotopic (exact) mass is 217 g/mol. The number of rotatable bonds is 6. The van der Waals surface area contributed by atoms with E-state index in [4.69, 9.17) is 11.6 Å². The molecule has 1 aromatic heterocycles. The third kappa shape index (κ3) is 5.29. The molecule has 0 bridgehead atoms. The van der Waals surface area contributed by atoms with Gasteiger partial charge in [0.2, 0.25) is 0 Å². The quantitative estimate of drug-likeness (QED) is 0.570. The first kappa shape index (κ1) is 11.0. The van der Waals surface area contributed by atoms with Crippen molar-refractivity contribution in [2.75, 3.05) is 6.54 Å². The Morgan fingerprint density at radius 2 is 2.46 bits per heavy atom. The van der Waals surface area contributed by atoms with Crippen LogP contribution in [0.5, 0.6) is 0 Å². The van der Waals surface area contributed by atoms with E-state index in [1.165, 1.54) is 4.88 Å². The molecule has 1 unspecified atom stereocenters. The van der Waals surface area contributed by atoms with Gasteiger partial charge in [0.25, 0.3) is 0 Å². The Balaban J connectivity index is 1.96. The van der Waals surface area contributed by atoms with Gasteiger partial charge in [-0.25, -0.2) is 0 Å². The number of thiophene rings is 1. The average Bonchev–Trinajstić information content (AvgIpc) is 2.55. The molecule has 1 N–H and O–H groups in total. The van der Waals surface area contributed by atoms with Crippen LogP contribution in [0.25, 0.3) is 0 Å². The molecule has 13 heavy (non-hydrogen) atoms. The van der Waals surface area contributed by atoms with Crippen LogP contribution in [0.1, 0.15) is 24.6 Å². The van der Waals surface area contributed by atoms with E-state index in [1.54, 1.807) is 11.3 Å². The summed E-state index contributed by atoms with van der Waals surface area (Å²) in [6.45, 7) is 4.10. The molecule has 0 aliphatic heterocycles. The van der Waals surface area contributed by atoms with E-state index in [-0.39, 0.29) is 0 Å². The van der Waals surface area contributed by atoms with Gasteiger partial charge >= 0.3 is 0 Å². The Bertz CT molecular complexity index is 209. The number of halogens is 1. The highest BCUT2D eigenvalue weighted by Gasteiger charge is 1.96. The highest BCUT2D eigenvalue weighted by molar-refractivity contribution is 7.09. The van der Waals surface area contributed by atoms with Crippen LogP contribution in [0.2, 0.25) is 0 Å². The van der Waals surface area contributed by atoms with Crippen molar-refractivity contribution in [1.82, 2.24) is 5.32 Å². The van der Waals surface area contributed by atoms with Crippen molar-refractivity contribution >= 4 is 22.9 Å². The van der Waals surface area contributed by atoms with Crippen molar-refractivity contribution in [3.8, 4) is 0 Å². The van der Waals surface area contributed by atoms with Gasteiger partial charge in [0.15, 0.2) is 0 Å². The summed E-state index contributed by atoms with van der Waals surface area (Å²) in [7, 11) is 0. The molecule has 1 nitrogen and oxygen atoms in total. The van der Waals surface area contributed by atoms with Crippen LogP contribution in [-0.2, 0) is 6.54 Å². The maximum absolute atomic E-state index is 5.83. The second-order valence-corrected chi connectivity index (χ2v) is 4.96. The summed E-state index contributed by atoms with van der Waals surface area (Å²) in [6, 6.07) is 4.24. The van der Waals surface area contributed by atoms with Crippen LogP contribution in [0, 0.1) is 0 Å². The summed E-state index contributed by atoms with van der Waals surface area (Å²) in [5.41, 5.74) is 0. The van der Waals surface area contributed by atoms with Crippen LogP contribution in [0.15, 0.2) is 17.5 Å². The van der Waals surface area contributed by atoms with Gasteiger partial charge < -0.3 is 5.32 Å². The molecule has 74 valence electrons. The van der Waals surface area contributed by atoms with E-state index in [9.17, 15) is 0 Å². The molecule has 0 amide bonds. The SMILES string of the molecule is CC(Cl)CCCNCc1cccs1. The Hall–Kier alpha value is -0.0500. The van der Waals surface area contributed by atoms with Crippen LogP contribution in [0.3, 0.4) is 0 Å². The third-order valence-corrected chi connectivity index (χ3v) is 2.93. The Morgan fingerprint density at radius 3 is 3.08 bits per heavy atom. The molecular weight excluding hydrogens is 202 g/mol. The molecule has 3 heteroatoms. The lowest BCUT2D eigenvalue weighted by Crippen LogP contribution is -2.14. The summed E-state index contributed by atoms with van der Waals surface area (Å²) in [5, 5.41) is 5.81. The molecule has 0 aromatic carbocycles. The van der Waals surface area contributed by atoms with Gasteiger partial charge in [-0.1, -0.05) is 6.07 Å². The minimum Gasteiger partial charge on any atom is -0.312 e. The molecule has 1 rings (SSSR count). The Morgan fingerprint density at radius 1 is 1.62 bits per heavy atom. The minimum atomic E-state index is 0.309. The highest BCUT2D eigenvalue weighted by atomic mass is 35.5. The first-order valence-corrected chi connectivity index (χ1v) is 5.98. The fourth-order valence-corrected chi connectivity index (χ4v) is 1.96. The summed E-state index contributed by atoms with van der Waals surface area (Å²) in [6.07, 6.45) is 2.26. The van der Waals surface area contributed by atoms with Crippen molar-refractivity contribution in [1.29, 1.82) is 0 Å². The second-order valence-electron chi connectivity index (χ2n) is 3.18. The van der Waals surface area contributed by atoms with Crippen molar-refractivity contribution < 1.29 is 0 Å². The lowest BCUT2D eigenvalue weighted by atomic mass is 10.2. The molecule has 0 aliphatic carbocycles. The smallest absolute Gasteiger partial charge is 0.0308 e. The van der Waals surface area contributed by atoms with Crippen molar-refractivity contribution in [2.45, 2.75) is 31.7 Å². The topological polar surface area (TPSA) is 12.0 Å². The molecule has 0 fully saturated rings. The van der Waals surface area contributed by atoms with Gasteiger partial charge in [0, 0.05) is 16.8 Å². The van der Waals surface area contributed by atoms with E-state index in [1.807, 2.05) is 6.92 Å². The zero-order valence-corrected chi connectivity index (χ0v) is 9.50. The number of nitrogens with one attached hydrogen (secondary N) is 1. The minimum absolute atomic E-state index is 0.309. The van der Waals surface area contributed by atoms with Crippen LogP contribution < -0.4 is 5.32 Å². The van der Waals surface area contributed by atoms with E-state index in [0.29, 0.717) is 5.38 Å². The maximum atomic E-state index is 5.83. The summed E-state index contributed by atoms with van der Waals surface area (Å²) in [5.74, 6) is 0. The van der Waals surface area contributed by atoms with E-state index >= 15 is 0 Å². The summed E-state index contributed by atoms with van der Waals surface area (Å²) >= 11 is 7.63. The fourth-order valence-electron chi connectivity index (χ4n) is 1.13. The zero-order valence-electron chi connectivity index (χ0n) is 7.92.